The number of amides is 1. The SMILES string of the molecule is CCCNC(=O)C1=CCC1. The number of hydrogen-bond donors (Lipinski definition) is 1. The van der Waals surface area contributed by atoms with Crippen LogP contribution in [0.25, 0.3) is 0 Å². The molecule has 0 saturated heterocycles. The summed E-state index contributed by atoms with van der Waals surface area (Å²) in [6, 6.07) is 0. The molecule has 0 aromatic carbocycles. The summed E-state index contributed by atoms with van der Waals surface area (Å²) in [4.78, 5) is 11.0. The van der Waals surface area contributed by atoms with E-state index in [2.05, 4.69) is 12.2 Å². The number of rotatable bonds is 3. The Morgan fingerprint density at radius 2 is 2.50 bits per heavy atom. The molecule has 0 unspecified atom stereocenters. The molecule has 0 aromatic heterocycles. The second-order valence-electron chi connectivity index (χ2n) is 2.52. The van der Waals surface area contributed by atoms with Crippen molar-refractivity contribution in [2.24, 2.45) is 0 Å². The second-order valence-corrected chi connectivity index (χ2v) is 2.52. The quantitative estimate of drug-likeness (QED) is 0.626. The van der Waals surface area contributed by atoms with Gasteiger partial charge in [0.05, 0.1) is 0 Å². The van der Waals surface area contributed by atoms with Crippen LogP contribution in [-0.2, 0) is 4.79 Å². The Morgan fingerprint density at radius 1 is 1.80 bits per heavy atom. The van der Waals surface area contributed by atoms with E-state index in [0.717, 1.165) is 31.4 Å². The zero-order chi connectivity index (χ0) is 7.40. The van der Waals surface area contributed by atoms with Gasteiger partial charge in [0, 0.05) is 12.1 Å². The van der Waals surface area contributed by atoms with Crippen molar-refractivity contribution in [3.8, 4) is 0 Å². The molecule has 0 saturated carbocycles. The first-order valence-electron chi connectivity index (χ1n) is 3.82. The van der Waals surface area contributed by atoms with Crippen LogP contribution in [0.15, 0.2) is 11.6 Å². The molecule has 1 aliphatic carbocycles. The van der Waals surface area contributed by atoms with E-state index in [0.29, 0.717) is 0 Å². The molecule has 2 heteroatoms. The van der Waals surface area contributed by atoms with Crippen LogP contribution >= 0.6 is 0 Å². The predicted molar refractivity (Wildman–Crippen MR) is 40.6 cm³/mol. The fourth-order valence-electron chi connectivity index (χ4n) is 0.847. The van der Waals surface area contributed by atoms with Gasteiger partial charge in [0.2, 0.25) is 5.91 Å². The molecular formula is C8H13NO. The minimum absolute atomic E-state index is 0.133. The predicted octanol–water partition coefficient (Wildman–Crippen LogP) is 1.23. The van der Waals surface area contributed by atoms with E-state index in [1.165, 1.54) is 0 Å². The second kappa shape index (κ2) is 3.40. The highest BCUT2D eigenvalue weighted by molar-refractivity contribution is 5.94. The number of carbonyl (C=O) groups excluding carboxylic acids is 1. The third kappa shape index (κ3) is 1.59. The number of allylic oxidation sites excluding steroid dienone is 1. The first kappa shape index (κ1) is 7.32. The van der Waals surface area contributed by atoms with Gasteiger partial charge in [-0.25, -0.2) is 0 Å². The minimum atomic E-state index is 0.133. The zero-order valence-corrected chi connectivity index (χ0v) is 6.31. The smallest absolute Gasteiger partial charge is 0.246 e. The van der Waals surface area contributed by atoms with Crippen LogP contribution in [0.2, 0.25) is 0 Å². The third-order valence-electron chi connectivity index (χ3n) is 1.63. The molecule has 1 N–H and O–H groups in total. The Balaban J connectivity index is 2.21. The van der Waals surface area contributed by atoms with E-state index in [4.69, 9.17) is 0 Å². The molecule has 2 nitrogen and oxygen atoms in total. The van der Waals surface area contributed by atoms with E-state index >= 15 is 0 Å². The van der Waals surface area contributed by atoms with E-state index in [1.54, 1.807) is 0 Å². The lowest BCUT2D eigenvalue weighted by atomic mass is 9.98. The molecule has 0 bridgehead atoms. The van der Waals surface area contributed by atoms with Crippen molar-refractivity contribution < 1.29 is 4.79 Å². The highest BCUT2D eigenvalue weighted by atomic mass is 16.1. The molecule has 0 spiro atoms. The van der Waals surface area contributed by atoms with E-state index < -0.39 is 0 Å². The molecule has 0 atom stereocenters. The van der Waals surface area contributed by atoms with Gasteiger partial charge < -0.3 is 5.32 Å². The van der Waals surface area contributed by atoms with Crippen LogP contribution in [0.4, 0.5) is 0 Å². The van der Waals surface area contributed by atoms with Gasteiger partial charge in [0.25, 0.3) is 0 Å². The number of hydrogen-bond acceptors (Lipinski definition) is 1. The first-order chi connectivity index (χ1) is 4.84. The summed E-state index contributed by atoms with van der Waals surface area (Å²) in [5.74, 6) is 0.133. The van der Waals surface area contributed by atoms with Crippen LogP contribution in [0.1, 0.15) is 26.2 Å². The average molecular weight is 139 g/mol. The Hall–Kier alpha value is -0.790. The molecule has 10 heavy (non-hydrogen) atoms. The van der Waals surface area contributed by atoms with Gasteiger partial charge in [-0.3, -0.25) is 4.79 Å². The van der Waals surface area contributed by atoms with Crippen molar-refractivity contribution in [2.45, 2.75) is 26.2 Å². The Morgan fingerprint density at radius 3 is 2.90 bits per heavy atom. The summed E-state index contributed by atoms with van der Waals surface area (Å²) in [6.07, 6.45) is 5.05. The molecule has 0 radical (unpaired) electrons. The van der Waals surface area contributed by atoms with Crippen molar-refractivity contribution in [2.75, 3.05) is 6.54 Å². The molecule has 1 rings (SSSR count). The van der Waals surface area contributed by atoms with Gasteiger partial charge in [0.1, 0.15) is 0 Å². The first-order valence-corrected chi connectivity index (χ1v) is 3.82. The van der Waals surface area contributed by atoms with Gasteiger partial charge in [-0.05, 0) is 19.3 Å². The highest BCUT2D eigenvalue weighted by Gasteiger charge is 2.12. The lowest BCUT2D eigenvalue weighted by Gasteiger charge is -2.12. The topological polar surface area (TPSA) is 29.1 Å². The van der Waals surface area contributed by atoms with Gasteiger partial charge in [0.15, 0.2) is 0 Å². The molecule has 0 aliphatic heterocycles. The standard InChI is InChI=1S/C8H13NO/c1-2-6-9-8(10)7-4-3-5-7/h4H,2-3,5-6H2,1H3,(H,9,10). The monoisotopic (exact) mass is 139 g/mol. The Labute approximate surface area is 61.3 Å². The van der Waals surface area contributed by atoms with Gasteiger partial charge in [-0.2, -0.15) is 0 Å². The van der Waals surface area contributed by atoms with Crippen LogP contribution in [0, 0.1) is 0 Å². The molecule has 1 amide bonds. The molecule has 0 heterocycles. The van der Waals surface area contributed by atoms with Gasteiger partial charge in [-0.1, -0.05) is 13.0 Å². The summed E-state index contributed by atoms with van der Waals surface area (Å²) in [5.41, 5.74) is 0.966. The normalized spacial score (nSPS) is 15.5. The maximum atomic E-state index is 11.0. The summed E-state index contributed by atoms with van der Waals surface area (Å²) in [6.45, 7) is 2.85. The fraction of sp³-hybridized carbons (Fsp3) is 0.625. The molecule has 0 aromatic rings. The van der Waals surface area contributed by atoms with Crippen molar-refractivity contribution in [3.05, 3.63) is 11.6 Å². The number of nitrogens with one attached hydrogen (secondary N) is 1. The zero-order valence-electron chi connectivity index (χ0n) is 6.31. The summed E-state index contributed by atoms with van der Waals surface area (Å²) < 4.78 is 0. The molecular weight excluding hydrogens is 126 g/mol. The van der Waals surface area contributed by atoms with Crippen molar-refractivity contribution in [1.29, 1.82) is 0 Å². The summed E-state index contributed by atoms with van der Waals surface area (Å²) in [7, 11) is 0. The lowest BCUT2D eigenvalue weighted by molar-refractivity contribution is -0.117. The van der Waals surface area contributed by atoms with Crippen LogP contribution < -0.4 is 5.32 Å². The highest BCUT2D eigenvalue weighted by Crippen LogP contribution is 2.17. The van der Waals surface area contributed by atoms with E-state index in [-0.39, 0.29) is 5.91 Å². The number of carbonyl (C=O) groups is 1. The maximum absolute atomic E-state index is 11.0. The summed E-state index contributed by atoms with van der Waals surface area (Å²) in [5, 5.41) is 2.83. The molecule has 56 valence electrons. The van der Waals surface area contributed by atoms with Crippen molar-refractivity contribution >= 4 is 5.91 Å². The maximum Gasteiger partial charge on any atom is 0.246 e. The van der Waals surface area contributed by atoms with Crippen LogP contribution in [-0.4, -0.2) is 12.5 Å². The fourth-order valence-corrected chi connectivity index (χ4v) is 0.847. The van der Waals surface area contributed by atoms with E-state index in [9.17, 15) is 4.79 Å². The Kier molecular flexibility index (Phi) is 2.49. The lowest BCUT2D eigenvalue weighted by Crippen LogP contribution is -2.27. The summed E-state index contributed by atoms with van der Waals surface area (Å²) >= 11 is 0. The van der Waals surface area contributed by atoms with Crippen LogP contribution in [0.3, 0.4) is 0 Å². The van der Waals surface area contributed by atoms with Gasteiger partial charge >= 0.3 is 0 Å². The molecule has 1 aliphatic rings. The third-order valence-corrected chi connectivity index (χ3v) is 1.63. The van der Waals surface area contributed by atoms with E-state index in [1.807, 2.05) is 6.08 Å². The van der Waals surface area contributed by atoms with Gasteiger partial charge in [-0.15, -0.1) is 0 Å². The van der Waals surface area contributed by atoms with Crippen molar-refractivity contribution in [3.63, 3.8) is 0 Å². The Bertz CT molecular complexity index is 161. The molecule has 0 fully saturated rings. The van der Waals surface area contributed by atoms with Crippen molar-refractivity contribution in [1.82, 2.24) is 5.32 Å². The minimum Gasteiger partial charge on any atom is -0.352 e. The van der Waals surface area contributed by atoms with Crippen LogP contribution in [0.5, 0.6) is 0 Å². The largest absolute Gasteiger partial charge is 0.352 e. The average Bonchev–Trinajstić information content (AvgIpc) is 1.79.